The summed E-state index contributed by atoms with van der Waals surface area (Å²) in [6.45, 7) is 5.58. The van der Waals surface area contributed by atoms with Gasteiger partial charge in [0.1, 0.15) is 0 Å². The summed E-state index contributed by atoms with van der Waals surface area (Å²) in [6, 6.07) is 3.03. The van der Waals surface area contributed by atoms with E-state index in [4.69, 9.17) is 0 Å². The van der Waals surface area contributed by atoms with Crippen molar-refractivity contribution in [3.63, 3.8) is 0 Å². The maximum atomic E-state index is 11.5. The van der Waals surface area contributed by atoms with Gasteiger partial charge in [0.15, 0.2) is 0 Å². The summed E-state index contributed by atoms with van der Waals surface area (Å²) < 4.78 is 0. The largest absolute Gasteiger partial charge is 0.478 e. The molecule has 0 amide bonds. The van der Waals surface area contributed by atoms with Crippen molar-refractivity contribution in [2.45, 2.75) is 26.7 Å². The molecular weight excluding hydrogens is 256 g/mol. The maximum absolute atomic E-state index is 11.5. The van der Waals surface area contributed by atoms with Crippen molar-refractivity contribution >= 4 is 18.0 Å². The van der Waals surface area contributed by atoms with Gasteiger partial charge in [-0.2, -0.15) is 0 Å². The van der Waals surface area contributed by atoms with E-state index >= 15 is 0 Å². The minimum absolute atomic E-state index is 0.00203. The van der Waals surface area contributed by atoms with E-state index in [-0.39, 0.29) is 22.6 Å². The Bertz CT molecular complexity index is 580. The Morgan fingerprint density at radius 1 is 1.10 bits per heavy atom. The number of carboxylic acid groups (broad SMARTS) is 2. The van der Waals surface area contributed by atoms with E-state index in [1.807, 2.05) is 20.8 Å². The number of hydrogen-bond donors (Lipinski definition) is 2. The van der Waals surface area contributed by atoms with Crippen LogP contribution >= 0.6 is 0 Å². The summed E-state index contributed by atoms with van der Waals surface area (Å²) in [5.41, 5.74) is 0.908. The Balaban J connectivity index is 3.65. The number of allylic oxidation sites excluding steroid dienone is 3. The molecule has 2 N–H and O–H groups in total. The highest BCUT2D eigenvalue weighted by Crippen LogP contribution is 2.27. The Labute approximate surface area is 118 Å². The smallest absolute Gasteiger partial charge is 0.336 e. The highest BCUT2D eigenvalue weighted by molar-refractivity contribution is 6.01. The molecule has 0 radical (unpaired) electrons. The van der Waals surface area contributed by atoms with Gasteiger partial charge in [-0.1, -0.05) is 44.2 Å². The van der Waals surface area contributed by atoms with E-state index < -0.39 is 11.9 Å². The molecule has 106 valence electrons. The molecule has 0 aromatic heterocycles. The first-order valence-electron chi connectivity index (χ1n) is 6.33. The van der Waals surface area contributed by atoms with Gasteiger partial charge in [-0.15, -0.1) is 0 Å². The number of rotatable bonds is 5. The van der Waals surface area contributed by atoms with Crippen LogP contribution in [0.2, 0.25) is 0 Å². The zero-order valence-corrected chi connectivity index (χ0v) is 11.8. The van der Waals surface area contributed by atoms with Gasteiger partial charge in [0.25, 0.3) is 0 Å². The number of hydrogen-bond acceptors (Lipinski definition) is 2. The molecule has 0 bridgehead atoms. The zero-order chi connectivity index (χ0) is 15.3. The number of carboxylic acids is 2. The molecule has 1 rings (SSSR count). The summed E-state index contributed by atoms with van der Waals surface area (Å²) >= 11 is 0. The van der Waals surface area contributed by atoms with Crippen LogP contribution in [0.15, 0.2) is 30.4 Å². The first kappa shape index (κ1) is 15.7. The van der Waals surface area contributed by atoms with Crippen LogP contribution in [0.3, 0.4) is 0 Å². The van der Waals surface area contributed by atoms with Gasteiger partial charge in [-0.3, -0.25) is 0 Å². The summed E-state index contributed by atoms with van der Waals surface area (Å²) in [5, 5.41) is 18.6. The summed E-state index contributed by atoms with van der Waals surface area (Å²) in [7, 11) is 0. The van der Waals surface area contributed by atoms with Crippen molar-refractivity contribution in [3.8, 4) is 0 Å². The second-order valence-corrected chi connectivity index (χ2v) is 4.64. The fourth-order valence-electron chi connectivity index (χ4n) is 1.98. The molecular formula is C16H18O4. The molecule has 0 fully saturated rings. The van der Waals surface area contributed by atoms with Gasteiger partial charge in [-0.25, -0.2) is 9.59 Å². The minimum Gasteiger partial charge on any atom is -0.478 e. The Morgan fingerprint density at radius 3 is 2.20 bits per heavy atom. The molecule has 1 aromatic carbocycles. The van der Waals surface area contributed by atoms with E-state index in [2.05, 4.69) is 0 Å². The van der Waals surface area contributed by atoms with Crippen molar-refractivity contribution in [2.75, 3.05) is 0 Å². The summed E-state index contributed by atoms with van der Waals surface area (Å²) in [6.07, 6.45) is 6.67. The van der Waals surface area contributed by atoms with Gasteiger partial charge >= 0.3 is 11.9 Å². The van der Waals surface area contributed by atoms with Crippen LogP contribution in [0.1, 0.15) is 58.5 Å². The third kappa shape index (κ3) is 3.35. The van der Waals surface area contributed by atoms with Crippen LogP contribution in [-0.2, 0) is 0 Å². The van der Waals surface area contributed by atoms with E-state index in [1.54, 1.807) is 24.3 Å². The Kier molecular flexibility index (Phi) is 5.26. The van der Waals surface area contributed by atoms with E-state index in [0.717, 1.165) is 0 Å². The second kappa shape index (κ2) is 6.70. The lowest BCUT2D eigenvalue weighted by atomic mass is 9.90. The van der Waals surface area contributed by atoms with Crippen LogP contribution in [-0.4, -0.2) is 22.2 Å². The van der Waals surface area contributed by atoms with Gasteiger partial charge in [-0.05, 0) is 24.5 Å². The quantitative estimate of drug-likeness (QED) is 0.801. The lowest BCUT2D eigenvalue weighted by molar-refractivity contribution is 0.0695. The predicted octanol–water partition coefficient (Wildman–Crippen LogP) is 3.80. The molecule has 20 heavy (non-hydrogen) atoms. The molecule has 0 unspecified atom stereocenters. The van der Waals surface area contributed by atoms with Gasteiger partial charge in [0, 0.05) is 5.56 Å². The van der Waals surface area contributed by atoms with E-state index in [1.165, 1.54) is 12.1 Å². The van der Waals surface area contributed by atoms with Crippen molar-refractivity contribution < 1.29 is 19.8 Å². The third-order valence-electron chi connectivity index (χ3n) is 2.91. The highest BCUT2D eigenvalue weighted by Gasteiger charge is 2.21. The lowest BCUT2D eigenvalue weighted by Crippen LogP contribution is -2.11. The molecule has 0 atom stereocenters. The van der Waals surface area contributed by atoms with Gasteiger partial charge < -0.3 is 10.2 Å². The van der Waals surface area contributed by atoms with Crippen molar-refractivity contribution in [1.82, 2.24) is 0 Å². The number of aromatic carboxylic acids is 2. The zero-order valence-electron chi connectivity index (χ0n) is 11.8. The fourth-order valence-corrected chi connectivity index (χ4v) is 1.98. The molecule has 0 saturated heterocycles. The molecule has 0 aliphatic carbocycles. The summed E-state index contributed by atoms with van der Waals surface area (Å²) in [4.78, 5) is 22.8. The predicted molar refractivity (Wildman–Crippen MR) is 78.3 cm³/mol. The maximum Gasteiger partial charge on any atom is 0.336 e. The average Bonchev–Trinajstić information content (AvgIpc) is 2.37. The lowest BCUT2D eigenvalue weighted by Gasteiger charge is -2.14. The molecule has 4 heteroatoms. The average molecular weight is 274 g/mol. The standard InChI is InChI=1S/C16H18O4/c1-4-5-6-7-12-13(15(17)18)9-8-11(10(2)3)14(12)16(19)20/h4-10H,1-3H3,(H,17,18)(H,19,20). The monoisotopic (exact) mass is 274 g/mol. The molecule has 0 saturated carbocycles. The highest BCUT2D eigenvalue weighted by atomic mass is 16.4. The topological polar surface area (TPSA) is 74.6 Å². The molecule has 0 aliphatic rings. The van der Waals surface area contributed by atoms with E-state index in [9.17, 15) is 19.8 Å². The first-order chi connectivity index (χ1) is 9.40. The minimum atomic E-state index is -1.14. The van der Waals surface area contributed by atoms with Crippen molar-refractivity contribution in [1.29, 1.82) is 0 Å². The first-order valence-corrected chi connectivity index (χ1v) is 6.33. The van der Waals surface area contributed by atoms with Gasteiger partial charge in [0.05, 0.1) is 11.1 Å². The molecule has 1 aromatic rings. The second-order valence-electron chi connectivity index (χ2n) is 4.64. The van der Waals surface area contributed by atoms with E-state index in [0.29, 0.717) is 5.56 Å². The van der Waals surface area contributed by atoms with Crippen molar-refractivity contribution in [3.05, 3.63) is 52.6 Å². The van der Waals surface area contributed by atoms with Crippen molar-refractivity contribution in [2.24, 2.45) is 0 Å². The van der Waals surface area contributed by atoms with Crippen LogP contribution in [0.5, 0.6) is 0 Å². The third-order valence-corrected chi connectivity index (χ3v) is 2.91. The molecule has 0 heterocycles. The fraction of sp³-hybridized carbons (Fsp3) is 0.250. The molecule has 4 nitrogen and oxygen atoms in total. The van der Waals surface area contributed by atoms with Crippen LogP contribution < -0.4 is 0 Å². The van der Waals surface area contributed by atoms with Crippen LogP contribution in [0.4, 0.5) is 0 Å². The van der Waals surface area contributed by atoms with Crippen LogP contribution in [0, 0.1) is 0 Å². The Morgan fingerprint density at radius 2 is 1.75 bits per heavy atom. The summed E-state index contributed by atoms with van der Waals surface area (Å²) in [5.74, 6) is -2.25. The van der Waals surface area contributed by atoms with Gasteiger partial charge in [0.2, 0.25) is 0 Å². The molecule has 0 spiro atoms. The van der Waals surface area contributed by atoms with Crippen LogP contribution in [0.25, 0.3) is 6.08 Å². The molecule has 0 aliphatic heterocycles. The normalized spacial score (nSPS) is 11.6. The SMILES string of the molecule is CC=CC=Cc1c(C(=O)O)ccc(C(C)C)c1C(=O)O. The number of benzene rings is 1. The Hall–Kier alpha value is -2.36. The number of carbonyl (C=O) groups is 2.